The van der Waals surface area contributed by atoms with Crippen LogP contribution in [0.1, 0.15) is 31.2 Å². The van der Waals surface area contributed by atoms with Crippen LogP contribution in [-0.4, -0.2) is 21.1 Å². The summed E-state index contributed by atoms with van der Waals surface area (Å²) in [5.41, 5.74) is 0.541. The Morgan fingerprint density at radius 2 is 1.76 bits per heavy atom. The van der Waals surface area contributed by atoms with Gasteiger partial charge >= 0.3 is 0 Å². The minimum absolute atomic E-state index is 0.199. The number of fused-ring (bicyclic) bond motifs is 1. The Morgan fingerprint density at radius 3 is 2.52 bits per heavy atom. The van der Waals surface area contributed by atoms with E-state index in [9.17, 15) is 9.50 Å². The highest BCUT2D eigenvalue weighted by Crippen LogP contribution is 2.38. The first-order valence-corrected chi connectivity index (χ1v) is 8.59. The molecule has 1 aliphatic carbocycles. The van der Waals surface area contributed by atoms with Crippen LogP contribution in [0.5, 0.6) is 0 Å². The fraction of sp³-hybridized carbons (Fsp3) is 0.300. The van der Waals surface area contributed by atoms with Crippen LogP contribution >= 0.6 is 0 Å². The number of hydrogen-bond donors (Lipinski definition) is 2. The number of nitrogens with zero attached hydrogens (tertiary/aromatic N) is 2. The zero-order valence-corrected chi connectivity index (χ0v) is 13.8. The molecule has 0 saturated heterocycles. The van der Waals surface area contributed by atoms with Crippen LogP contribution in [0, 0.1) is 5.82 Å². The van der Waals surface area contributed by atoms with E-state index in [1.54, 1.807) is 6.07 Å². The first kappa shape index (κ1) is 16.0. The molecule has 3 aromatic rings. The smallest absolute Gasteiger partial charge is 0.149 e. The molecule has 1 aromatic heterocycles. The summed E-state index contributed by atoms with van der Waals surface area (Å²) in [5.74, 6) is 0.310. The van der Waals surface area contributed by atoms with Crippen molar-refractivity contribution in [3.05, 3.63) is 66.2 Å². The van der Waals surface area contributed by atoms with Gasteiger partial charge in [-0.2, -0.15) is 0 Å². The van der Waals surface area contributed by atoms with Gasteiger partial charge in [-0.25, -0.2) is 14.4 Å². The molecule has 1 heterocycles. The lowest BCUT2D eigenvalue weighted by Crippen LogP contribution is -2.36. The number of halogens is 1. The van der Waals surface area contributed by atoms with Gasteiger partial charge in [0.15, 0.2) is 0 Å². The first-order valence-electron chi connectivity index (χ1n) is 8.59. The van der Waals surface area contributed by atoms with Crippen molar-refractivity contribution in [2.45, 2.75) is 37.3 Å². The quantitative estimate of drug-likeness (QED) is 0.758. The van der Waals surface area contributed by atoms with E-state index in [2.05, 4.69) is 15.3 Å². The molecule has 2 N–H and O–H groups in total. The third kappa shape index (κ3) is 3.07. The predicted octanol–water partition coefficient (Wildman–Crippen LogP) is 4.01. The predicted molar refractivity (Wildman–Crippen MR) is 95.7 cm³/mol. The van der Waals surface area contributed by atoms with E-state index >= 15 is 0 Å². The normalized spacial score (nSPS) is 23.5. The minimum atomic E-state index is -0.765. The summed E-state index contributed by atoms with van der Waals surface area (Å²) in [6.45, 7) is 0. The molecule has 128 valence electrons. The Kier molecular flexibility index (Phi) is 4.09. The third-order valence-corrected chi connectivity index (χ3v) is 5.08. The summed E-state index contributed by atoms with van der Waals surface area (Å²) >= 11 is 0. The van der Waals surface area contributed by atoms with Crippen molar-refractivity contribution in [2.75, 3.05) is 5.32 Å². The number of benzene rings is 2. The maximum Gasteiger partial charge on any atom is 0.149 e. The topological polar surface area (TPSA) is 58.0 Å². The van der Waals surface area contributed by atoms with Gasteiger partial charge in [0.05, 0.1) is 5.60 Å². The number of nitrogens with one attached hydrogen (secondary N) is 1. The van der Waals surface area contributed by atoms with Crippen molar-refractivity contribution in [1.82, 2.24) is 9.97 Å². The van der Waals surface area contributed by atoms with Gasteiger partial charge < -0.3 is 10.4 Å². The highest BCUT2D eigenvalue weighted by Gasteiger charge is 2.34. The molecule has 0 aliphatic heterocycles. The average molecular weight is 337 g/mol. The van der Waals surface area contributed by atoms with E-state index in [4.69, 9.17) is 0 Å². The standard InChI is InChI=1S/C20H20FN3O/c21-17-8-4-7-16-18(17)22-13-23-19(16)24-15-9-11-20(25,12-10-15)14-5-2-1-3-6-14/h1-8,13,15,25H,9-12H2,(H,22,23,24). The Morgan fingerprint density at radius 1 is 1.00 bits per heavy atom. The molecule has 1 aliphatic rings. The lowest BCUT2D eigenvalue weighted by Gasteiger charge is -2.37. The molecule has 25 heavy (non-hydrogen) atoms. The number of para-hydroxylation sites is 1. The van der Waals surface area contributed by atoms with Crippen LogP contribution < -0.4 is 5.32 Å². The van der Waals surface area contributed by atoms with E-state index < -0.39 is 5.60 Å². The van der Waals surface area contributed by atoms with E-state index in [-0.39, 0.29) is 11.9 Å². The molecule has 0 amide bonds. The third-order valence-electron chi connectivity index (χ3n) is 5.08. The van der Waals surface area contributed by atoms with Crippen LogP contribution in [0.15, 0.2) is 54.9 Å². The van der Waals surface area contributed by atoms with E-state index in [1.165, 1.54) is 12.4 Å². The number of anilines is 1. The summed E-state index contributed by atoms with van der Waals surface area (Å²) in [6, 6.07) is 14.9. The van der Waals surface area contributed by atoms with Gasteiger partial charge in [0.1, 0.15) is 23.5 Å². The SMILES string of the molecule is OC1(c2ccccc2)CCC(Nc2ncnc3c(F)cccc23)CC1. The van der Waals surface area contributed by atoms with Gasteiger partial charge in [-0.3, -0.25) is 0 Å². The van der Waals surface area contributed by atoms with E-state index in [1.807, 2.05) is 36.4 Å². The Hall–Kier alpha value is -2.53. The van der Waals surface area contributed by atoms with Crippen LogP contribution in [-0.2, 0) is 5.60 Å². The Bertz CT molecular complexity index is 877. The first-order chi connectivity index (χ1) is 12.2. The van der Waals surface area contributed by atoms with Gasteiger partial charge in [-0.1, -0.05) is 36.4 Å². The summed E-state index contributed by atoms with van der Waals surface area (Å²) in [4.78, 5) is 8.32. The molecule has 5 heteroatoms. The van der Waals surface area contributed by atoms with Gasteiger partial charge in [0.2, 0.25) is 0 Å². The minimum Gasteiger partial charge on any atom is -0.385 e. The number of aliphatic hydroxyl groups is 1. The monoisotopic (exact) mass is 337 g/mol. The number of rotatable bonds is 3. The molecule has 1 fully saturated rings. The maximum atomic E-state index is 13.9. The fourth-order valence-corrected chi connectivity index (χ4v) is 3.64. The number of hydrogen-bond acceptors (Lipinski definition) is 4. The molecule has 0 unspecified atom stereocenters. The summed E-state index contributed by atoms with van der Waals surface area (Å²) < 4.78 is 13.9. The average Bonchev–Trinajstić information content (AvgIpc) is 2.65. The highest BCUT2D eigenvalue weighted by molar-refractivity contribution is 5.89. The molecule has 1 saturated carbocycles. The molecule has 0 spiro atoms. The van der Waals surface area contributed by atoms with Crippen molar-refractivity contribution in [2.24, 2.45) is 0 Å². The van der Waals surface area contributed by atoms with Crippen molar-refractivity contribution < 1.29 is 9.50 Å². The molecule has 4 nitrogen and oxygen atoms in total. The molecule has 4 rings (SSSR count). The summed E-state index contributed by atoms with van der Waals surface area (Å²) in [5, 5.41) is 15.0. The Labute approximate surface area is 145 Å². The number of aromatic nitrogens is 2. The van der Waals surface area contributed by atoms with Crippen molar-refractivity contribution in [3.8, 4) is 0 Å². The van der Waals surface area contributed by atoms with Gasteiger partial charge in [-0.15, -0.1) is 0 Å². The van der Waals surface area contributed by atoms with Crippen LogP contribution in [0.25, 0.3) is 10.9 Å². The fourth-order valence-electron chi connectivity index (χ4n) is 3.64. The van der Waals surface area contributed by atoms with E-state index in [0.717, 1.165) is 18.4 Å². The molecule has 0 radical (unpaired) electrons. The second-order valence-corrected chi connectivity index (χ2v) is 6.67. The van der Waals surface area contributed by atoms with Crippen molar-refractivity contribution >= 4 is 16.7 Å². The zero-order chi connectivity index (χ0) is 17.3. The highest BCUT2D eigenvalue weighted by atomic mass is 19.1. The molecule has 2 aromatic carbocycles. The largest absolute Gasteiger partial charge is 0.385 e. The summed E-state index contributed by atoms with van der Waals surface area (Å²) in [6.07, 6.45) is 4.41. The van der Waals surface area contributed by atoms with Crippen LogP contribution in [0.2, 0.25) is 0 Å². The molecular formula is C20H20FN3O. The van der Waals surface area contributed by atoms with Gasteiger partial charge in [0.25, 0.3) is 0 Å². The second kappa shape index (κ2) is 6.41. The van der Waals surface area contributed by atoms with Crippen LogP contribution in [0.3, 0.4) is 0 Å². The maximum absolute atomic E-state index is 13.9. The molecule has 0 atom stereocenters. The van der Waals surface area contributed by atoms with E-state index in [0.29, 0.717) is 29.6 Å². The Balaban J connectivity index is 1.50. The van der Waals surface area contributed by atoms with Crippen molar-refractivity contribution in [3.63, 3.8) is 0 Å². The van der Waals surface area contributed by atoms with Crippen LogP contribution in [0.4, 0.5) is 10.2 Å². The van der Waals surface area contributed by atoms with Crippen molar-refractivity contribution in [1.29, 1.82) is 0 Å². The lowest BCUT2D eigenvalue weighted by atomic mass is 9.78. The lowest BCUT2D eigenvalue weighted by molar-refractivity contribution is -0.00332. The molecular weight excluding hydrogens is 317 g/mol. The molecule has 0 bridgehead atoms. The zero-order valence-electron chi connectivity index (χ0n) is 13.8. The van der Waals surface area contributed by atoms with Gasteiger partial charge in [0, 0.05) is 11.4 Å². The second-order valence-electron chi connectivity index (χ2n) is 6.67. The summed E-state index contributed by atoms with van der Waals surface area (Å²) in [7, 11) is 0. The van der Waals surface area contributed by atoms with Gasteiger partial charge in [-0.05, 0) is 43.4 Å².